The van der Waals surface area contributed by atoms with Gasteiger partial charge in [0.05, 0.1) is 28.5 Å². The Balaban J connectivity index is 1.77. The van der Waals surface area contributed by atoms with Gasteiger partial charge in [-0.05, 0) is 118 Å². The van der Waals surface area contributed by atoms with Crippen molar-refractivity contribution in [3.63, 3.8) is 0 Å². The maximum atomic E-state index is 14.6. The fraction of sp³-hybridized carbons (Fsp3) is 0.741. The molecule has 1 saturated carbocycles. The second-order valence-electron chi connectivity index (χ2n) is 20.6. The summed E-state index contributed by atoms with van der Waals surface area (Å²) in [4.78, 5) is 58.9. The second-order valence-corrected chi connectivity index (χ2v) is 23.3. The molecule has 69 heavy (non-hydrogen) atoms. The number of amides is 1. The Morgan fingerprint density at radius 2 is 1.68 bits per heavy atom. The van der Waals surface area contributed by atoms with Crippen molar-refractivity contribution in [1.29, 1.82) is 0 Å². The second kappa shape index (κ2) is 26.6. The van der Waals surface area contributed by atoms with Gasteiger partial charge in [-0.15, -0.1) is 0 Å². The van der Waals surface area contributed by atoms with Crippen molar-refractivity contribution in [2.45, 2.75) is 180 Å². The van der Waals surface area contributed by atoms with Gasteiger partial charge >= 0.3 is 5.97 Å². The summed E-state index contributed by atoms with van der Waals surface area (Å²) in [5.74, 6) is -9.70. The zero-order valence-corrected chi connectivity index (χ0v) is 43.9. The number of carbonyl (C=O) groups excluding carboxylic acids is 4. The van der Waals surface area contributed by atoms with Crippen LogP contribution in [-0.2, 0) is 52.0 Å². The summed E-state index contributed by atoms with van der Waals surface area (Å²) in [7, 11) is -2.65. The van der Waals surface area contributed by atoms with E-state index >= 15 is 0 Å². The molecule has 1 amide bonds. The molecule has 15 heteroatoms. The van der Waals surface area contributed by atoms with Crippen molar-refractivity contribution in [2.75, 3.05) is 41.1 Å². The van der Waals surface area contributed by atoms with Crippen LogP contribution in [0.5, 0.6) is 0 Å². The van der Waals surface area contributed by atoms with Crippen molar-refractivity contribution in [3.8, 4) is 0 Å². The molecule has 0 aromatic rings. The smallest absolute Gasteiger partial charge is 0.329 e. The third-order valence-corrected chi connectivity index (χ3v) is 15.4. The zero-order chi connectivity index (χ0) is 55.7. The normalized spacial score (nSPS) is 39.8. The van der Waals surface area contributed by atoms with Crippen molar-refractivity contribution in [2.24, 2.45) is 35.5 Å². The first kappa shape index (κ1) is 50.9. The molecule has 0 spiro atoms. The molecule has 0 radical (unpaired) electrons. The number of aliphatic hydroxyl groups excluding tert-OH is 1. The van der Waals surface area contributed by atoms with E-state index in [1.165, 1.54) is 14.0 Å². The standard InChI is InChI=1S/C54H86NO13P/c1-33-19-15-14-16-20-34(2)46(63-9)31-42-24-22-39(7)54(61,67-42)51(58)52(59)55-26-18-17-21-43(55)53(60)66-47(37(5)29-41-23-25-45(48(30-41)64-10)68-69(12,13)62)32-44(56)36(4)28-38(6)49(57)50(65-11)40(8)35(3)27-33/h14-16,19-20,28,33,35-37,39,41-43,45-50,57,61H,8,17-18,21-27,29-32H2,1-7,9-13H3/b16-14?,19-15+,34-20?,38-28+/t33-,35-,36-,37-,39-,41+,42+,43+,45-,46+,47+,48-,49-,50+,54-/m1/s1/i9D3,22D2. The highest BCUT2D eigenvalue weighted by molar-refractivity contribution is 7.57. The SMILES string of the molecule is [2H]C([2H])([2H])O[C@H]1C[C@@H]2CC([2H])([2H])[C@@H](C)[C@@](O)(O2)C(=O)C(=O)N2CCCC[C@H]2C(=O)O[C@H]([C@H](C)C[C@@H]2CC[C@@H](OP(C)(C)=O)[C@H](OC)C2)CC(=O)[C@H](C)/C=C(\C)[C@@H](O)[C@@H](OC)C(=C)[C@H](C)C[C@H](C)/C=C/C=CC=C1C. The number of allylic oxidation sites excluding steroid dienone is 6. The van der Waals surface area contributed by atoms with E-state index in [9.17, 15) is 34.0 Å². The maximum absolute atomic E-state index is 14.6. The number of ketones is 2. The molecule has 390 valence electrons. The third-order valence-electron chi connectivity index (χ3n) is 14.6. The number of cyclic esters (lactones) is 1. The largest absolute Gasteiger partial charge is 0.460 e. The lowest BCUT2D eigenvalue weighted by Crippen LogP contribution is -2.61. The average Bonchev–Trinajstić information content (AvgIpc) is 3.31. The van der Waals surface area contributed by atoms with E-state index in [1.54, 1.807) is 65.5 Å². The van der Waals surface area contributed by atoms with Gasteiger partial charge in [0.2, 0.25) is 5.79 Å². The van der Waals surface area contributed by atoms with Gasteiger partial charge in [0.15, 0.2) is 7.37 Å². The summed E-state index contributed by atoms with van der Waals surface area (Å²) in [5.41, 5.74) is 1.58. The summed E-state index contributed by atoms with van der Waals surface area (Å²) in [6.07, 6.45) is 5.17. The number of hydrogen-bond acceptors (Lipinski definition) is 13. The van der Waals surface area contributed by atoms with Crippen LogP contribution in [0.4, 0.5) is 0 Å². The fourth-order valence-electron chi connectivity index (χ4n) is 10.2. The van der Waals surface area contributed by atoms with Gasteiger partial charge < -0.3 is 43.3 Å². The molecule has 0 unspecified atom stereocenters. The molecule has 2 saturated heterocycles. The predicted octanol–water partition coefficient (Wildman–Crippen LogP) is 8.73. The number of hydrogen-bond donors (Lipinski definition) is 2. The van der Waals surface area contributed by atoms with Crippen LogP contribution in [0.2, 0.25) is 0 Å². The van der Waals surface area contributed by atoms with Gasteiger partial charge in [0.25, 0.3) is 11.7 Å². The molecule has 2 N–H and O–H groups in total. The summed E-state index contributed by atoms with van der Waals surface area (Å²) < 4.78 is 89.6. The van der Waals surface area contributed by atoms with E-state index in [0.717, 1.165) is 4.90 Å². The van der Waals surface area contributed by atoms with Crippen LogP contribution >= 0.6 is 7.37 Å². The Morgan fingerprint density at radius 3 is 2.35 bits per heavy atom. The molecule has 4 rings (SSSR count). The molecule has 3 aliphatic heterocycles. The van der Waals surface area contributed by atoms with Crippen LogP contribution in [-0.4, -0.2) is 134 Å². The summed E-state index contributed by atoms with van der Waals surface area (Å²) in [6.45, 7) is 19.6. The number of fused-ring (bicyclic) bond motifs is 3. The van der Waals surface area contributed by atoms with Gasteiger partial charge in [-0.1, -0.05) is 77.7 Å². The molecule has 1 aliphatic carbocycles. The topological polar surface area (TPSA) is 184 Å². The number of rotatable bonds is 8. The lowest BCUT2D eigenvalue weighted by molar-refractivity contribution is -0.265. The Hall–Kier alpha value is -3.07. The number of carbonyl (C=O) groups is 4. The van der Waals surface area contributed by atoms with Crippen LogP contribution in [0.25, 0.3) is 0 Å². The van der Waals surface area contributed by atoms with Gasteiger partial charge in [0.1, 0.15) is 30.1 Å². The lowest BCUT2D eigenvalue weighted by atomic mass is 9.78. The first-order chi connectivity index (χ1) is 34.3. The van der Waals surface area contributed by atoms with E-state index < -0.39 is 98.5 Å². The number of ether oxygens (including phenoxy) is 5. The molecule has 2 bridgehead atoms. The van der Waals surface area contributed by atoms with Gasteiger partial charge in [0, 0.05) is 68.6 Å². The minimum Gasteiger partial charge on any atom is -0.460 e. The quantitative estimate of drug-likeness (QED) is 0.102. The highest BCUT2D eigenvalue weighted by Crippen LogP contribution is 2.45. The highest BCUT2D eigenvalue weighted by atomic mass is 31.2. The zero-order valence-electron chi connectivity index (χ0n) is 48.0. The minimum atomic E-state index is -3.03. The lowest BCUT2D eigenvalue weighted by Gasteiger charge is -2.42. The number of aliphatic hydroxyl groups is 2. The summed E-state index contributed by atoms with van der Waals surface area (Å²) in [6, 6.07) is -1.31. The van der Waals surface area contributed by atoms with Crippen molar-refractivity contribution in [1.82, 2.24) is 4.90 Å². The van der Waals surface area contributed by atoms with Crippen LogP contribution in [0, 0.1) is 35.5 Å². The van der Waals surface area contributed by atoms with Crippen LogP contribution in [0.15, 0.2) is 59.8 Å². The Labute approximate surface area is 420 Å². The van der Waals surface area contributed by atoms with Crippen LogP contribution < -0.4 is 0 Å². The number of Topliss-reactive ketones (excluding diaryl/α,β-unsaturated/α-hetero) is 2. The number of piperidine rings is 1. The highest BCUT2D eigenvalue weighted by Gasteiger charge is 2.53. The Morgan fingerprint density at radius 1 is 0.957 bits per heavy atom. The minimum absolute atomic E-state index is 0.0437. The van der Waals surface area contributed by atoms with Crippen molar-refractivity contribution in [3.05, 3.63) is 59.8 Å². The maximum Gasteiger partial charge on any atom is 0.329 e. The number of methoxy groups -OCH3 is 3. The van der Waals surface area contributed by atoms with E-state index in [4.69, 9.17) is 35.1 Å². The third kappa shape index (κ3) is 16.2. The molecule has 0 aromatic carbocycles. The first-order valence-corrected chi connectivity index (χ1v) is 27.4. The van der Waals surface area contributed by atoms with Crippen molar-refractivity contribution < 1.29 is 69.0 Å². The molecule has 3 heterocycles. The fourth-order valence-corrected chi connectivity index (χ4v) is 11.1. The van der Waals surface area contributed by atoms with Crippen molar-refractivity contribution >= 4 is 30.8 Å². The van der Waals surface area contributed by atoms with Gasteiger partial charge in [-0.25, -0.2) is 4.79 Å². The average molecular weight is 993 g/mol. The van der Waals surface area contributed by atoms with E-state index in [0.29, 0.717) is 61.7 Å². The first-order valence-electron chi connectivity index (χ1n) is 27.3. The summed E-state index contributed by atoms with van der Waals surface area (Å²) >= 11 is 0. The van der Waals surface area contributed by atoms with E-state index in [1.807, 2.05) is 32.9 Å². The van der Waals surface area contributed by atoms with Gasteiger partial charge in [-0.2, -0.15) is 0 Å². The van der Waals surface area contributed by atoms with Crippen LogP contribution in [0.1, 0.15) is 132 Å². The monoisotopic (exact) mass is 993 g/mol. The van der Waals surface area contributed by atoms with E-state index in [2.05, 4.69) is 6.58 Å². The predicted molar refractivity (Wildman–Crippen MR) is 268 cm³/mol. The Kier molecular flexibility index (Phi) is 19.6. The molecular weight excluding hydrogens is 902 g/mol. The van der Waals surface area contributed by atoms with E-state index in [-0.39, 0.29) is 68.0 Å². The molecule has 3 fully saturated rings. The molecule has 14 nitrogen and oxygen atoms in total. The number of nitrogens with zero attached hydrogens (tertiary/aromatic N) is 1. The van der Waals surface area contributed by atoms with Crippen LogP contribution in [0.3, 0.4) is 0 Å². The molecular formula is C54H86NO13P. The van der Waals surface area contributed by atoms with Gasteiger partial charge in [-0.3, -0.25) is 18.9 Å². The molecule has 0 aromatic heterocycles. The molecule has 4 aliphatic rings. The Bertz CT molecular complexity index is 2140. The number of esters is 1. The molecule has 15 atom stereocenters. The summed E-state index contributed by atoms with van der Waals surface area (Å²) in [5, 5.41) is 23.8.